The number of nitroso groups, excluding NO2 is 1. The highest BCUT2D eigenvalue weighted by Crippen LogP contribution is 2.36. The molecule has 1 N–H and O–H groups in total. The van der Waals surface area contributed by atoms with Crippen LogP contribution < -0.4 is 19.8 Å². The van der Waals surface area contributed by atoms with Gasteiger partial charge in [-0.2, -0.15) is 24.9 Å². The minimum Gasteiger partial charge on any atom is -0.493 e. The lowest BCUT2D eigenvalue weighted by atomic mass is 10.1. The lowest BCUT2D eigenvalue weighted by Crippen LogP contribution is -2.30. The number of alkyl halides is 3. The Kier molecular flexibility index (Phi) is 8.78. The van der Waals surface area contributed by atoms with E-state index < -0.39 is 18.5 Å². The molecular formula is C20H23F4N3O3S. The number of nitrogens with zero attached hydrogens (tertiary/aromatic N) is 2. The molecule has 31 heavy (non-hydrogen) atoms. The van der Waals surface area contributed by atoms with Gasteiger partial charge in [-0.1, -0.05) is 6.07 Å². The van der Waals surface area contributed by atoms with Crippen LogP contribution in [0.2, 0.25) is 0 Å². The normalized spacial score (nSPS) is 12.2. The molecule has 0 aromatic heterocycles. The van der Waals surface area contributed by atoms with E-state index in [2.05, 4.69) is 10.6 Å². The van der Waals surface area contributed by atoms with E-state index >= 15 is 0 Å². The van der Waals surface area contributed by atoms with Crippen LogP contribution in [0.5, 0.6) is 11.5 Å². The number of hydrogen-bond acceptors (Lipinski definition) is 6. The number of anilines is 2. The van der Waals surface area contributed by atoms with Gasteiger partial charge in [0.1, 0.15) is 12.4 Å². The zero-order valence-electron chi connectivity index (χ0n) is 17.2. The van der Waals surface area contributed by atoms with Gasteiger partial charge in [-0.15, -0.1) is 4.91 Å². The fraction of sp³-hybridized carbons (Fsp3) is 0.400. The summed E-state index contributed by atoms with van der Waals surface area (Å²) in [5, 5.41) is 5.74. The average Bonchev–Trinajstić information content (AvgIpc) is 2.72. The van der Waals surface area contributed by atoms with Crippen LogP contribution in [0.3, 0.4) is 0 Å². The van der Waals surface area contributed by atoms with Crippen molar-refractivity contribution in [2.75, 3.05) is 42.6 Å². The van der Waals surface area contributed by atoms with Gasteiger partial charge < -0.3 is 14.8 Å². The second-order valence-electron chi connectivity index (χ2n) is 6.41. The Balaban J connectivity index is 2.43. The van der Waals surface area contributed by atoms with Crippen LogP contribution in [0.1, 0.15) is 18.5 Å². The first kappa shape index (κ1) is 24.6. The van der Waals surface area contributed by atoms with Crippen LogP contribution in [0.25, 0.3) is 0 Å². The Bertz CT molecular complexity index is 883. The number of ether oxygens (including phenoxy) is 2. The molecule has 11 heteroatoms. The Morgan fingerprint density at radius 3 is 2.52 bits per heavy atom. The van der Waals surface area contributed by atoms with E-state index in [9.17, 15) is 22.5 Å². The van der Waals surface area contributed by atoms with Gasteiger partial charge in [0.2, 0.25) is 0 Å². The van der Waals surface area contributed by atoms with Gasteiger partial charge >= 0.3 is 6.18 Å². The summed E-state index contributed by atoms with van der Waals surface area (Å²) >= 11 is 1.50. The van der Waals surface area contributed by atoms with Crippen molar-refractivity contribution in [1.82, 2.24) is 0 Å². The maximum atomic E-state index is 13.8. The number of thioether (sulfide) groups is 1. The molecule has 0 aliphatic rings. The molecule has 2 rings (SSSR count). The summed E-state index contributed by atoms with van der Waals surface area (Å²) in [5.41, 5.74) is 0.602. The van der Waals surface area contributed by atoms with Crippen molar-refractivity contribution in [2.45, 2.75) is 19.1 Å². The van der Waals surface area contributed by atoms with Gasteiger partial charge in [0.15, 0.2) is 11.5 Å². The van der Waals surface area contributed by atoms with Crippen LogP contribution in [-0.4, -0.2) is 38.4 Å². The van der Waals surface area contributed by atoms with Crippen molar-refractivity contribution in [3.8, 4) is 11.5 Å². The van der Waals surface area contributed by atoms with Crippen molar-refractivity contribution in [2.24, 2.45) is 5.29 Å². The van der Waals surface area contributed by atoms with Crippen molar-refractivity contribution < 1.29 is 27.0 Å². The summed E-state index contributed by atoms with van der Waals surface area (Å²) in [7, 11) is 1.52. The van der Waals surface area contributed by atoms with E-state index in [1.165, 1.54) is 24.9 Å². The third-order valence-corrected chi connectivity index (χ3v) is 4.89. The lowest BCUT2D eigenvalue weighted by molar-refractivity contribution is -0.119. The van der Waals surface area contributed by atoms with Crippen LogP contribution in [0, 0.1) is 10.7 Å². The van der Waals surface area contributed by atoms with Gasteiger partial charge in [0.25, 0.3) is 0 Å². The molecule has 0 fully saturated rings. The van der Waals surface area contributed by atoms with Gasteiger partial charge in [-0.3, -0.25) is 0 Å². The first-order chi connectivity index (χ1) is 14.7. The molecule has 1 unspecified atom stereocenters. The molecule has 0 spiro atoms. The second-order valence-corrected chi connectivity index (χ2v) is 7.32. The molecule has 0 saturated carbocycles. The molecule has 0 heterocycles. The standard InChI is InChI=1S/C20H23F4N3O3S/c1-4-30-19-9-13(5-8-18(19)29-2)16(11-31-3)25-15-7-6-14(21)10-17(15)27(26-28)12-20(22,23)24/h5-10,16,25H,4,11-12H2,1-3H3. The Morgan fingerprint density at radius 2 is 1.94 bits per heavy atom. The molecule has 0 bridgehead atoms. The number of benzene rings is 2. The molecule has 0 saturated heterocycles. The number of hydrogen-bond donors (Lipinski definition) is 1. The van der Waals surface area contributed by atoms with Crippen LogP contribution in [-0.2, 0) is 0 Å². The number of rotatable bonds is 11. The zero-order chi connectivity index (χ0) is 23.0. The first-order valence-electron chi connectivity index (χ1n) is 9.25. The maximum Gasteiger partial charge on any atom is 0.408 e. The number of methoxy groups -OCH3 is 1. The highest BCUT2D eigenvalue weighted by molar-refractivity contribution is 7.98. The van der Waals surface area contributed by atoms with Gasteiger partial charge in [0, 0.05) is 11.8 Å². The predicted molar refractivity (Wildman–Crippen MR) is 115 cm³/mol. The molecule has 2 aromatic carbocycles. The smallest absolute Gasteiger partial charge is 0.408 e. The molecule has 2 aromatic rings. The van der Waals surface area contributed by atoms with E-state index in [4.69, 9.17) is 9.47 Å². The second kappa shape index (κ2) is 11.1. The minimum atomic E-state index is -4.70. The molecule has 6 nitrogen and oxygen atoms in total. The summed E-state index contributed by atoms with van der Waals surface area (Å²) in [5.74, 6) is 0.795. The van der Waals surface area contributed by atoms with E-state index in [-0.39, 0.29) is 22.4 Å². The van der Waals surface area contributed by atoms with Gasteiger partial charge in [0.05, 0.1) is 36.4 Å². The first-order valence-corrected chi connectivity index (χ1v) is 10.6. The summed E-state index contributed by atoms with van der Waals surface area (Å²) in [4.78, 5) is 11.1. The summed E-state index contributed by atoms with van der Waals surface area (Å²) in [6.07, 6.45) is -2.82. The lowest BCUT2D eigenvalue weighted by Gasteiger charge is -2.25. The Hall–Kier alpha value is -2.69. The summed E-state index contributed by atoms with van der Waals surface area (Å²) < 4.78 is 63.3. The van der Waals surface area contributed by atoms with Crippen LogP contribution >= 0.6 is 11.8 Å². The molecule has 0 aliphatic heterocycles. The molecule has 170 valence electrons. The predicted octanol–water partition coefficient (Wildman–Crippen LogP) is 5.80. The molecule has 0 amide bonds. The fourth-order valence-electron chi connectivity index (χ4n) is 2.92. The molecular weight excluding hydrogens is 438 g/mol. The Labute approximate surface area is 181 Å². The Morgan fingerprint density at radius 1 is 1.19 bits per heavy atom. The fourth-order valence-corrected chi connectivity index (χ4v) is 3.53. The topological polar surface area (TPSA) is 63.2 Å². The third-order valence-electron chi connectivity index (χ3n) is 4.22. The summed E-state index contributed by atoms with van der Waals surface area (Å²) in [6, 6.07) is 8.12. The minimum absolute atomic E-state index is 0.137. The van der Waals surface area contributed by atoms with Crippen molar-refractivity contribution in [1.29, 1.82) is 0 Å². The maximum absolute atomic E-state index is 13.8. The van der Waals surface area contributed by atoms with E-state index in [0.717, 1.165) is 17.7 Å². The van der Waals surface area contributed by atoms with Crippen molar-refractivity contribution in [3.63, 3.8) is 0 Å². The van der Waals surface area contributed by atoms with Crippen molar-refractivity contribution in [3.05, 3.63) is 52.7 Å². The zero-order valence-corrected chi connectivity index (χ0v) is 18.0. The SMILES string of the molecule is CCOc1cc(C(CSC)Nc2ccc(F)cc2N(CC(F)(F)F)N=O)ccc1OC. The van der Waals surface area contributed by atoms with Gasteiger partial charge in [-0.25, -0.2) is 9.40 Å². The average molecular weight is 461 g/mol. The van der Waals surface area contributed by atoms with Crippen molar-refractivity contribution >= 4 is 23.1 Å². The highest BCUT2D eigenvalue weighted by Gasteiger charge is 2.33. The third kappa shape index (κ3) is 6.91. The number of nitrogens with one attached hydrogen (secondary N) is 1. The quantitative estimate of drug-likeness (QED) is 0.259. The summed E-state index contributed by atoms with van der Waals surface area (Å²) in [6.45, 7) is 0.606. The molecule has 1 atom stereocenters. The molecule has 0 radical (unpaired) electrons. The number of halogens is 4. The van der Waals surface area contributed by atoms with E-state index in [1.807, 2.05) is 13.2 Å². The van der Waals surface area contributed by atoms with Gasteiger partial charge in [-0.05, 0) is 43.0 Å². The van der Waals surface area contributed by atoms with Crippen LogP contribution in [0.4, 0.5) is 28.9 Å². The monoisotopic (exact) mass is 461 g/mol. The van der Waals surface area contributed by atoms with Crippen LogP contribution in [0.15, 0.2) is 41.7 Å². The van der Waals surface area contributed by atoms with E-state index in [0.29, 0.717) is 23.9 Å². The largest absolute Gasteiger partial charge is 0.493 e. The highest BCUT2D eigenvalue weighted by atomic mass is 32.2. The van der Waals surface area contributed by atoms with E-state index in [1.54, 1.807) is 18.2 Å². The molecule has 0 aliphatic carbocycles.